The third kappa shape index (κ3) is 4.31. The van der Waals surface area contributed by atoms with Crippen molar-refractivity contribution in [1.82, 2.24) is 4.98 Å². The summed E-state index contributed by atoms with van der Waals surface area (Å²) in [6.45, 7) is 5.90. The predicted octanol–water partition coefficient (Wildman–Crippen LogP) is 3.88. The van der Waals surface area contributed by atoms with E-state index in [4.69, 9.17) is 0 Å². The standard InChI is InChI=1S/C19H25N3O2S/c1-15-7-9-18(13-16(15)2)25(23,24)21-17-8-10-19(20-14-17)22-11-5-3-4-6-12-22/h7-10,13-14,21H,3-6,11-12H2,1-2H3. The summed E-state index contributed by atoms with van der Waals surface area (Å²) in [4.78, 5) is 7.00. The normalized spacial score (nSPS) is 15.7. The average molecular weight is 359 g/mol. The van der Waals surface area contributed by atoms with Crippen molar-refractivity contribution in [1.29, 1.82) is 0 Å². The lowest BCUT2D eigenvalue weighted by atomic mass is 10.1. The molecule has 1 saturated heterocycles. The molecule has 25 heavy (non-hydrogen) atoms. The molecule has 0 unspecified atom stereocenters. The Kier molecular flexibility index (Phi) is 5.27. The molecule has 2 aromatic rings. The van der Waals surface area contributed by atoms with E-state index in [9.17, 15) is 8.42 Å². The van der Waals surface area contributed by atoms with Gasteiger partial charge in [0.1, 0.15) is 5.82 Å². The molecule has 1 aromatic heterocycles. The first-order valence-electron chi connectivity index (χ1n) is 8.77. The molecule has 0 spiro atoms. The minimum atomic E-state index is -3.60. The highest BCUT2D eigenvalue weighted by atomic mass is 32.2. The zero-order valence-electron chi connectivity index (χ0n) is 14.8. The quantitative estimate of drug-likeness (QED) is 0.900. The number of aryl methyl sites for hydroxylation is 2. The van der Waals surface area contributed by atoms with E-state index in [1.807, 2.05) is 26.0 Å². The first-order valence-corrected chi connectivity index (χ1v) is 10.3. The van der Waals surface area contributed by atoms with E-state index < -0.39 is 10.0 Å². The Morgan fingerprint density at radius 3 is 2.28 bits per heavy atom. The SMILES string of the molecule is Cc1ccc(S(=O)(=O)Nc2ccc(N3CCCCCC3)nc2)cc1C. The summed E-state index contributed by atoms with van der Waals surface area (Å²) in [6, 6.07) is 8.82. The minimum Gasteiger partial charge on any atom is -0.357 e. The highest BCUT2D eigenvalue weighted by molar-refractivity contribution is 7.92. The van der Waals surface area contributed by atoms with E-state index in [0.29, 0.717) is 5.69 Å². The molecule has 0 radical (unpaired) electrons. The second-order valence-corrected chi connectivity index (χ2v) is 8.34. The second-order valence-electron chi connectivity index (χ2n) is 6.66. The maximum absolute atomic E-state index is 12.5. The molecule has 1 N–H and O–H groups in total. The number of pyridine rings is 1. The minimum absolute atomic E-state index is 0.271. The Morgan fingerprint density at radius 2 is 1.68 bits per heavy atom. The number of benzene rings is 1. The Bertz CT molecular complexity index is 824. The molecule has 6 heteroatoms. The van der Waals surface area contributed by atoms with Crippen molar-refractivity contribution in [2.75, 3.05) is 22.7 Å². The number of aromatic nitrogens is 1. The predicted molar refractivity (Wildman–Crippen MR) is 102 cm³/mol. The number of hydrogen-bond donors (Lipinski definition) is 1. The van der Waals surface area contributed by atoms with Gasteiger partial charge in [0.05, 0.1) is 16.8 Å². The summed E-state index contributed by atoms with van der Waals surface area (Å²) in [7, 11) is -3.60. The van der Waals surface area contributed by atoms with E-state index in [1.54, 1.807) is 24.4 Å². The molecular weight excluding hydrogens is 334 g/mol. The van der Waals surface area contributed by atoms with Crippen LogP contribution in [0.3, 0.4) is 0 Å². The molecule has 134 valence electrons. The maximum Gasteiger partial charge on any atom is 0.261 e. The third-order valence-electron chi connectivity index (χ3n) is 4.72. The number of sulfonamides is 1. The van der Waals surface area contributed by atoms with Crippen LogP contribution in [0.15, 0.2) is 41.4 Å². The lowest BCUT2D eigenvalue weighted by Crippen LogP contribution is -2.24. The van der Waals surface area contributed by atoms with Crippen molar-refractivity contribution in [3.63, 3.8) is 0 Å². The third-order valence-corrected chi connectivity index (χ3v) is 6.10. The van der Waals surface area contributed by atoms with Crippen molar-refractivity contribution in [2.45, 2.75) is 44.4 Å². The van der Waals surface area contributed by atoms with E-state index >= 15 is 0 Å². The summed E-state index contributed by atoms with van der Waals surface area (Å²) < 4.78 is 27.7. The number of nitrogens with zero attached hydrogens (tertiary/aromatic N) is 2. The van der Waals surface area contributed by atoms with E-state index in [1.165, 1.54) is 25.7 Å². The maximum atomic E-state index is 12.5. The van der Waals surface area contributed by atoms with Gasteiger partial charge in [-0.15, -0.1) is 0 Å². The molecule has 0 aliphatic carbocycles. The van der Waals surface area contributed by atoms with E-state index in [2.05, 4.69) is 14.6 Å². The van der Waals surface area contributed by atoms with Gasteiger partial charge in [-0.3, -0.25) is 4.72 Å². The summed E-state index contributed by atoms with van der Waals surface area (Å²) in [6.07, 6.45) is 6.50. The van der Waals surface area contributed by atoms with Gasteiger partial charge in [-0.1, -0.05) is 18.9 Å². The molecule has 0 bridgehead atoms. The van der Waals surface area contributed by atoms with Crippen molar-refractivity contribution in [2.24, 2.45) is 0 Å². The molecule has 0 atom stereocenters. The van der Waals surface area contributed by atoms with Crippen LogP contribution in [-0.2, 0) is 10.0 Å². The van der Waals surface area contributed by atoms with Crippen molar-refractivity contribution in [3.05, 3.63) is 47.7 Å². The molecule has 1 aromatic carbocycles. The number of nitrogens with one attached hydrogen (secondary N) is 1. The summed E-state index contributed by atoms with van der Waals surface area (Å²) >= 11 is 0. The number of rotatable bonds is 4. The van der Waals surface area contributed by atoms with Gasteiger partial charge >= 0.3 is 0 Å². The Balaban J connectivity index is 1.74. The molecule has 1 aliphatic heterocycles. The molecule has 5 nitrogen and oxygen atoms in total. The van der Waals surface area contributed by atoms with Crippen molar-refractivity contribution < 1.29 is 8.42 Å². The van der Waals surface area contributed by atoms with Crippen LogP contribution in [0.1, 0.15) is 36.8 Å². The lowest BCUT2D eigenvalue weighted by Gasteiger charge is -2.21. The smallest absolute Gasteiger partial charge is 0.261 e. The van der Waals surface area contributed by atoms with Crippen LogP contribution in [0.25, 0.3) is 0 Å². The van der Waals surface area contributed by atoms with Gasteiger partial charge in [0, 0.05) is 13.1 Å². The summed E-state index contributed by atoms with van der Waals surface area (Å²) in [5.41, 5.74) is 2.51. The fraction of sp³-hybridized carbons (Fsp3) is 0.421. The Hall–Kier alpha value is -2.08. The molecule has 3 rings (SSSR count). The van der Waals surface area contributed by atoms with Gasteiger partial charge in [-0.2, -0.15) is 0 Å². The largest absolute Gasteiger partial charge is 0.357 e. The highest BCUT2D eigenvalue weighted by Gasteiger charge is 2.16. The van der Waals surface area contributed by atoms with Crippen LogP contribution in [0.2, 0.25) is 0 Å². The molecule has 2 heterocycles. The fourth-order valence-electron chi connectivity index (χ4n) is 3.03. The summed E-state index contributed by atoms with van der Waals surface area (Å²) in [5.74, 6) is 0.913. The fourth-order valence-corrected chi connectivity index (χ4v) is 4.16. The van der Waals surface area contributed by atoms with Gasteiger partial charge in [0.2, 0.25) is 0 Å². The Labute approximate surface area is 150 Å². The lowest BCUT2D eigenvalue weighted by molar-refractivity contribution is 0.601. The zero-order chi connectivity index (χ0) is 17.9. The second kappa shape index (κ2) is 7.44. The van der Waals surface area contributed by atoms with Crippen LogP contribution in [0.5, 0.6) is 0 Å². The zero-order valence-corrected chi connectivity index (χ0v) is 15.6. The van der Waals surface area contributed by atoms with Gasteiger partial charge in [-0.05, 0) is 62.1 Å². The molecule has 1 fully saturated rings. The van der Waals surface area contributed by atoms with E-state index in [-0.39, 0.29) is 4.90 Å². The van der Waals surface area contributed by atoms with Gasteiger partial charge < -0.3 is 4.90 Å². The first-order chi connectivity index (χ1) is 12.0. The van der Waals surface area contributed by atoms with Gasteiger partial charge in [0.15, 0.2) is 0 Å². The Morgan fingerprint density at radius 1 is 0.960 bits per heavy atom. The van der Waals surface area contributed by atoms with Crippen LogP contribution < -0.4 is 9.62 Å². The monoisotopic (exact) mass is 359 g/mol. The summed E-state index contributed by atoms with van der Waals surface area (Å²) in [5, 5.41) is 0. The van der Waals surface area contributed by atoms with Gasteiger partial charge in [-0.25, -0.2) is 13.4 Å². The molecule has 0 saturated carbocycles. The first kappa shape index (κ1) is 17.7. The van der Waals surface area contributed by atoms with Crippen LogP contribution in [0, 0.1) is 13.8 Å². The molecular formula is C19H25N3O2S. The van der Waals surface area contributed by atoms with Crippen molar-refractivity contribution >= 4 is 21.5 Å². The topological polar surface area (TPSA) is 62.3 Å². The van der Waals surface area contributed by atoms with E-state index in [0.717, 1.165) is 30.0 Å². The molecule has 1 aliphatic rings. The molecule has 0 amide bonds. The van der Waals surface area contributed by atoms with Crippen LogP contribution in [0.4, 0.5) is 11.5 Å². The van der Waals surface area contributed by atoms with Gasteiger partial charge in [0.25, 0.3) is 10.0 Å². The number of anilines is 2. The highest BCUT2D eigenvalue weighted by Crippen LogP contribution is 2.21. The van der Waals surface area contributed by atoms with Crippen LogP contribution in [-0.4, -0.2) is 26.5 Å². The number of hydrogen-bond acceptors (Lipinski definition) is 4. The van der Waals surface area contributed by atoms with Crippen LogP contribution >= 0.6 is 0 Å². The average Bonchev–Trinajstić information content (AvgIpc) is 2.87. The van der Waals surface area contributed by atoms with Crippen molar-refractivity contribution in [3.8, 4) is 0 Å².